The average Bonchev–Trinajstić information content (AvgIpc) is 2.08. The van der Waals surface area contributed by atoms with E-state index in [0.29, 0.717) is 0 Å². The molecule has 0 aliphatic rings. The second-order valence-corrected chi connectivity index (χ2v) is 1.69. The fourth-order valence-corrected chi connectivity index (χ4v) is 0.371. The van der Waals surface area contributed by atoms with E-state index in [9.17, 15) is 8.78 Å². The highest BCUT2D eigenvalue weighted by Gasteiger charge is 2.26. The van der Waals surface area contributed by atoms with Gasteiger partial charge < -0.3 is 0 Å². The molecule has 1 N–H and O–H groups in total. The van der Waals surface area contributed by atoms with Gasteiger partial charge in [-0.1, -0.05) is 5.21 Å². The molecule has 9 heavy (non-hydrogen) atoms. The molecular weight excluding hydrogens is 128 g/mol. The molecule has 0 amide bonds. The van der Waals surface area contributed by atoms with Gasteiger partial charge in [-0.15, -0.1) is 5.10 Å². The Morgan fingerprint density at radius 3 is 2.56 bits per heavy atom. The third-order valence-corrected chi connectivity index (χ3v) is 0.813. The average molecular weight is 132 g/mol. The smallest absolute Gasteiger partial charge is 0.255 e. The first-order chi connectivity index (χ1) is 4.11. The molecular formula is C4H4F2N3. The summed E-state index contributed by atoms with van der Waals surface area (Å²) in [6, 6.07) is 0. The van der Waals surface area contributed by atoms with Crippen LogP contribution in [-0.4, -0.2) is 15.4 Å². The lowest BCUT2D eigenvalue weighted by molar-refractivity contribution is 0.0124. The number of H-pyrrole nitrogens is 1. The maximum atomic E-state index is 12.1. The van der Waals surface area contributed by atoms with Gasteiger partial charge in [0.15, 0.2) is 0 Å². The van der Waals surface area contributed by atoms with Crippen LogP contribution in [0.3, 0.4) is 0 Å². The van der Waals surface area contributed by atoms with Gasteiger partial charge in [0.25, 0.3) is 5.92 Å². The fraction of sp³-hybridized carbons (Fsp3) is 0.500. The van der Waals surface area contributed by atoms with Gasteiger partial charge in [0.1, 0.15) is 11.9 Å². The topological polar surface area (TPSA) is 41.6 Å². The van der Waals surface area contributed by atoms with Gasteiger partial charge in [-0.3, -0.25) is 5.10 Å². The molecule has 0 unspecified atom stereocenters. The van der Waals surface area contributed by atoms with Gasteiger partial charge in [-0.05, 0) is 0 Å². The molecule has 1 heterocycles. The summed E-state index contributed by atoms with van der Waals surface area (Å²) in [5.74, 6) is -2.91. The zero-order valence-corrected chi connectivity index (χ0v) is 4.65. The summed E-state index contributed by atoms with van der Waals surface area (Å²) in [4.78, 5) is 0. The van der Waals surface area contributed by atoms with E-state index in [1.807, 2.05) is 11.3 Å². The SMILES string of the molecule is CC(F)(F)c1[c]nn[nH]1. The summed E-state index contributed by atoms with van der Waals surface area (Å²) >= 11 is 0. The number of nitrogens with zero attached hydrogens (tertiary/aromatic N) is 2. The zero-order chi connectivity index (χ0) is 6.91. The van der Waals surface area contributed by atoms with Crippen molar-refractivity contribution in [2.24, 2.45) is 0 Å². The molecule has 1 aromatic rings. The Balaban J connectivity index is 2.90. The first-order valence-corrected chi connectivity index (χ1v) is 2.28. The number of alkyl halides is 2. The molecule has 0 aliphatic heterocycles. The van der Waals surface area contributed by atoms with E-state index in [1.165, 1.54) is 0 Å². The molecule has 0 saturated carbocycles. The molecule has 0 aliphatic carbocycles. The van der Waals surface area contributed by atoms with Crippen molar-refractivity contribution >= 4 is 0 Å². The van der Waals surface area contributed by atoms with Crippen LogP contribution in [0, 0.1) is 6.20 Å². The summed E-state index contributed by atoms with van der Waals surface area (Å²) in [5, 5.41) is 8.17. The quantitative estimate of drug-likeness (QED) is 0.611. The standard InChI is InChI=1S/C4H4F2N3/c1-4(5,6)3-2-7-9-8-3/h1H3,(H,7,8,9). The number of rotatable bonds is 1. The normalized spacial score (nSPS) is 11.9. The fourth-order valence-electron chi connectivity index (χ4n) is 0.371. The van der Waals surface area contributed by atoms with Gasteiger partial charge in [0.2, 0.25) is 0 Å². The molecule has 0 aromatic carbocycles. The molecule has 3 nitrogen and oxygen atoms in total. The van der Waals surface area contributed by atoms with Crippen LogP contribution in [0.1, 0.15) is 12.6 Å². The van der Waals surface area contributed by atoms with E-state index < -0.39 is 5.92 Å². The lowest BCUT2D eigenvalue weighted by Crippen LogP contribution is -2.07. The Kier molecular flexibility index (Phi) is 1.19. The third kappa shape index (κ3) is 1.22. The Morgan fingerprint density at radius 2 is 2.33 bits per heavy atom. The number of hydrogen-bond acceptors (Lipinski definition) is 2. The Hall–Kier alpha value is -1.00. The van der Waals surface area contributed by atoms with Crippen LogP contribution in [0.25, 0.3) is 0 Å². The minimum atomic E-state index is -2.91. The number of nitrogens with one attached hydrogen (secondary N) is 1. The van der Waals surface area contributed by atoms with Gasteiger partial charge >= 0.3 is 0 Å². The molecule has 1 radical (unpaired) electrons. The van der Waals surface area contributed by atoms with E-state index in [2.05, 4.69) is 10.3 Å². The molecule has 1 aromatic heterocycles. The van der Waals surface area contributed by atoms with E-state index in [1.54, 1.807) is 0 Å². The molecule has 0 bridgehead atoms. The monoisotopic (exact) mass is 132 g/mol. The molecule has 0 fully saturated rings. The lowest BCUT2D eigenvalue weighted by atomic mass is 10.3. The number of aromatic nitrogens is 3. The van der Waals surface area contributed by atoms with Crippen molar-refractivity contribution in [1.82, 2.24) is 15.4 Å². The zero-order valence-electron chi connectivity index (χ0n) is 4.65. The van der Waals surface area contributed by atoms with E-state index in [-0.39, 0.29) is 5.69 Å². The Morgan fingerprint density at radius 1 is 1.67 bits per heavy atom. The van der Waals surface area contributed by atoms with Crippen molar-refractivity contribution in [3.8, 4) is 0 Å². The number of aromatic amines is 1. The molecule has 49 valence electrons. The molecule has 1 rings (SSSR count). The van der Waals surface area contributed by atoms with E-state index >= 15 is 0 Å². The van der Waals surface area contributed by atoms with E-state index in [4.69, 9.17) is 0 Å². The van der Waals surface area contributed by atoms with Gasteiger partial charge in [0.05, 0.1) is 0 Å². The van der Waals surface area contributed by atoms with Crippen LogP contribution in [0.4, 0.5) is 8.78 Å². The first-order valence-electron chi connectivity index (χ1n) is 2.28. The highest BCUT2D eigenvalue weighted by Crippen LogP contribution is 2.22. The van der Waals surface area contributed by atoms with Crippen molar-refractivity contribution in [3.05, 3.63) is 11.9 Å². The highest BCUT2D eigenvalue weighted by molar-refractivity contribution is 4.96. The number of hydrogen-bond donors (Lipinski definition) is 1. The predicted octanol–water partition coefficient (Wildman–Crippen LogP) is 0.717. The second kappa shape index (κ2) is 1.75. The van der Waals surface area contributed by atoms with Crippen LogP contribution >= 0.6 is 0 Å². The molecule has 0 atom stereocenters. The van der Waals surface area contributed by atoms with Crippen LogP contribution in [0.15, 0.2) is 0 Å². The minimum absolute atomic E-state index is 0.387. The maximum absolute atomic E-state index is 12.1. The summed E-state index contributed by atoms with van der Waals surface area (Å²) in [7, 11) is 0. The lowest BCUT2D eigenvalue weighted by Gasteiger charge is -2.02. The summed E-state index contributed by atoms with van der Waals surface area (Å²) in [6.07, 6.45) is 2.01. The minimum Gasteiger partial charge on any atom is -0.255 e. The largest absolute Gasteiger partial charge is 0.288 e. The first kappa shape index (κ1) is 6.12. The van der Waals surface area contributed by atoms with Gasteiger partial charge in [-0.2, -0.15) is 8.78 Å². The van der Waals surface area contributed by atoms with Gasteiger partial charge in [-0.25, -0.2) is 0 Å². The van der Waals surface area contributed by atoms with Crippen molar-refractivity contribution in [3.63, 3.8) is 0 Å². The summed E-state index contributed by atoms with van der Waals surface area (Å²) in [6.45, 7) is 0.749. The Bertz CT molecular complexity index is 176. The van der Waals surface area contributed by atoms with Crippen molar-refractivity contribution in [2.45, 2.75) is 12.8 Å². The van der Waals surface area contributed by atoms with Gasteiger partial charge in [0, 0.05) is 6.92 Å². The van der Waals surface area contributed by atoms with Crippen LogP contribution in [-0.2, 0) is 5.92 Å². The van der Waals surface area contributed by atoms with E-state index in [0.717, 1.165) is 6.92 Å². The highest BCUT2D eigenvalue weighted by atomic mass is 19.3. The second-order valence-electron chi connectivity index (χ2n) is 1.69. The maximum Gasteiger partial charge on any atom is 0.288 e. The van der Waals surface area contributed by atoms with Crippen molar-refractivity contribution in [1.29, 1.82) is 0 Å². The molecule has 5 heteroatoms. The predicted molar refractivity (Wildman–Crippen MR) is 24.8 cm³/mol. The molecule has 0 spiro atoms. The third-order valence-electron chi connectivity index (χ3n) is 0.813. The molecule has 0 saturated heterocycles. The van der Waals surface area contributed by atoms with Crippen LogP contribution in [0.5, 0.6) is 0 Å². The number of halogens is 2. The summed E-state index contributed by atoms with van der Waals surface area (Å²) < 4.78 is 24.3. The van der Waals surface area contributed by atoms with Crippen molar-refractivity contribution in [2.75, 3.05) is 0 Å². The van der Waals surface area contributed by atoms with Crippen molar-refractivity contribution < 1.29 is 8.78 Å². The van der Waals surface area contributed by atoms with Crippen LogP contribution in [0.2, 0.25) is 0 Å². The Labute approximate surface area is 50.1 Å². The summed E-state index contributed by atoms with van der Waals surface area (Å²) in [5.41, 5.74) is -0.387. The van der Waals surface area contributed by atoms with Crippen LogP contribution < -0.4 is 0 Å².